The molecular formula is C26H32F5N3. The van der Waals surface area contributed by atoms with Crippen molar-refractivity contribution in [1.82, 2.24) is 15.5 Å². The highest BCUT2D eigenvalue weighted by Gasteiger charge is 2.33. The Labute approximate surface area is 198 Å². The van der Waals surface area contributed by atoms with Gasteiger partial charge < -0.3 is 10.6 Å². The summed E-state index contributed by atoms with van der Waals surface area (Å²) in [4.78, 5) is 1.76. The summed E-state index contributed by atoms with van der Waals surface area (Å²) in [7, 11) is 1.74. The standard InChI is InChI=1S/C26H32F5N3/c1-7-15(2)16(3)17(4)21(12-32-11-20-10-25(30)26(31)14-34(20)6)18(5)33-13-22-23(28)8-19(27)9-24(22)29/h7-9,12,20,25-26,32-33H,1,4-5,10-11,13-14H2,2-3,6H3/b16-15+,21-12+. The average molecular weight is 482 g/mol. The van der Waals surface area contributed by atoms with E-state index in [1.807, 2.05) is 13.8 Å². The second kappa shape index (κ2) is 12.0. The fraction of sp³-hybridized carbons (Fsp3) is 0.385. The van der Waals surface area contributed by atoms with E-state index in [-0.39, 0.29) is 31.1 Å². The van der Waals surface area contributed by atoms with Gasteiger partial charge in [-0.1, -0.05) is 25.8 Å². The molecule has 3 nitrogen and oxygen atoms in total. The van der Waals surface area contributed by atoms with Gasteiger partial charge in [0.1, 0.15) is 29.8 Å². The van der Waals surface area contributed by atoms with Crippen LogP contribution in [0.2, 0.25) is 0 Å². The molecule has 2 rings (SSSR count). The number of hydrogen-bond donors (Lipinski definition) is 2. The van der Waals surface area contributed by atoms with Gasteiger partial charge in [-0.2, -0.15) is 0 Å². The van der Waals surface area contributed by atoms with E-state index in [2.05, 4.69) is 30.4 Å². The van der Waals surface area contributed by atoms with Crippen LogP contribution in [0.3, 0.4) is 0 Å². The number of halogens is 5. The minimum atomic E-state index is -1.51. The number of nitrogens with zero attached hydrogens (tertiary/aromatic N) is 1. The molecule has 0 aliphatic carbocycles. The number of benzene rings is 1. The van der Waals surface area contributed by atoms with Crippen molar-refractivity contribution in [1.29, 1.82) is 0 Å². The van der Waals surface area contributed by atoms with E-state index in [4.69, 9.17) is 0 Å². The van der Waals surface area contributed by atoms with Gasteiger partial charge in [-0.05, 0) is 44.0 Å². The summed E-state index contributed by atoms with van der Waals surface area (Å²) in [5.41, 5.74) is 2.81. The molecule has 1 aliphatic heterocycles. The topological polar surface area (TPSA) is 27.3 Å². The van der Waals surface area contributed by atoms with Crippen molar-refractivity contribution in [2.75, 3.05) is 20.1 Å². The number of piperidine rings is 1. The zero-order chi connectivity index (χ0) is 25.6. The van der Waals surface area contributed by atoms with E-state index in [0.29, 0.717) is 35.5 Å². The van der Waals surface area contributed by atoms with Gasteiger partial charge in [-0.3, -0.25) is 4.90 Å². The molecule has 1 aromatic rings. The molecule has 0 bridgehead atoms. The Morgan fingerprint density at radius 1 is 1.12 bits per heavy atom. The van der Waals surface area contributed by atoms with Crippen LogP contribution in [0.25, 0.3) is 0 Å². The maximum Gasteiger partial charge on any atom is 0.144 e. The lowest BCUT2D eigenvalue weighted by Gasteiger charge is -2.36. The lowest BCUT2D eigenvalue weighted by molar-refractivity contribution is 0.0361. The second-order valence-electron chi connectivity index (χ2n) is 8.50. The molecule has 0 aromatic heterocycles. The fourth-order valence-electron chi connectivity index (χ4n) is 3.64. The summed E-state index contributed by atoms with van der Waals surface area (Å²) >= 11 is 0. The summed E-state index contributed by atoms with van der Waals surface area (Å²) < 4.78 is 68.7. The first kappa shape index (κ1) is 27.4. The third kappa shape index (κ3) is 6.82. The largest absolute Gasteiger partial charge is 0.389 e. The quantitative estimate of drug-likeness (QED) is 0.335. The molecule has 1 saturated heterocycles. The lowest BCUT2D eigenvalue weighted by Crippen LogP contribution is -2.50. The Balaban J connectivity index is 2.21. The number of rotatable bonds is 10. The molecule has 186 valence electrons. The van der Waals surface area contributed by atoms with Gasteiger partial charge in [0.05, 0.1) is 0 Å². The number of nitrogens with one attached hydrogen (secondary N) is 2. The fourth-order valence-corrected chi connectivity index (χ4v) is 3.64. The Morgan fingerprint density at radius 2 is 1.74 bits per heavy atom. The van der Waals surface area contributed by atoms with Crippen LogP contribution in [0.4, 0.5) is 22.0 Å². The maximum absolute atomic E-state index is 14.0. The molecule has 1 heterocycles. The predicted octanol–water partition coefficient (Wildman–Crippen LogP) is 5.64. The highest BCUT2D eigenvalue weighted by Crippen LogP contribution is 2.26. The summed E-state index contributed by atoms with van der Waals surface area (Å²) in [6, 6.07) is 1.01. The molecule has 3 atom stereocenters. The van der Waals surface area contributed by atoms with Crippen molar-refractivity contribution in [3.8, 4) is 0 Å². The summed E-state index contributed by atoms with van der Waals surface area (Å²) in [5.74, 6) is -3.02. The Morgan fingerprint density at radius 3 is 2.32 bits per heavy atom. The average Bonchev–Trinajstić information content (AvgIpc) is 2.77. The monoisotopic (exact) mass is 481 g/mol. The van der Waals surface area contributed by atoms with Crippen molar-refractivity contribution >= 4 is 0 Å². The van der Waals surface area contributed by atoms with E-state index in [1.165, 1.54) is 0 Å². The minimum absolute atomic E-state index is 0.0141. The lowest BCUT2D eigenvalue weighted by atomic mass is 9.95. The Kier molecular flexibility index (Phi) is 9.67. The van der Waals surface area contributed by atoms with Gasteiger partial charge in [-0.15, -0.1) is 0 Å². The van der Waals surface area contributed by atoms with Crippen LogP contribution < -0.4 is 10.6 Å². The van der Waals surface area contributed by atoms with Gasteiger partial charge in [0.25, 0.3) is 0 Å². The number of likely N-dealkylation sites (N-methyl/N-ethyl adjacent to an activating group) is 1. The van der Waals surface area contributed by atoms with Crippen LogP contribution >= 0.6 is 0 Å². The van der Waals surface area contributed by atoms with Gasteiger partial charge in [0, 0.05) is 60.8 Å². The van der Waals surface area contributed by atoms with E-state index < -0.39 is 29.8 Å². The van der Waals surface area contributed by atoms with Crippen LogP contribution in [0.15, 0.2) is 72.1 Å². The summed E-state index contributed by atoms with van der Waals surface area (Å²) in [5, 5.41) is 5.99. The second-order valence-corrected chi connectivity index (χ2v) is 8.50. The van der Waals surface area contributed by atoms with Crippen LogP contribution in [-0.4, -0.2) is 43.4 Å². The minimum Gasteiger partial charge on any atom is -0.389 e. The third-order valence-corrected chi connectivity index (χ3v) is 6.16. The number of alkyl halides is 2. The first-order valence-electron chi connectivity index (χ1n) is 10.9. The smallest absolute Gasteiger partial charge is 0.144 e. The Bertz CT molecular complexity index is 975. The molecule has 0 spiro atoms. The van der Waals surface area contributed by atoms with Crippen LogP contribution in [0, 0.1) is 17.5 Å². The molecule has 0 amide bonds. The molecule has 1 fully saturated rings. The van der Waals surface area contributed by atoms with E-state index >= 15 is 0 Å². The van der Waals surface area contributed by atoms with Crippen molar-refractivity contribution < 1.29 is 22.0 Å². The van der Waals surface area contributed by atoms with E-state index in [1.54, 1.807) is 24.2 Å². The maximum atomic E-state index is 14.0. The van der Waals surface area contributed by atoms with E-state index in [9.17, 15) is 22.0 Å². The Hall–Kier alpha value is -2.87. The molecular weight excluding hydrogens is 449 g/mol. The van der Waals surface area contributed by atoms with Crippen molar-refractivity contribution in [2.45, 2.75) is 45.2 Å². The number of likely N-dealkylation sites (tertiary alicyclic amines) is 1. The first-order chi connectivity index (χ1) is 16.0. The molecule has 3 unspecified atom stereocenters. The van der Waals surface area contributed by atoms with Crippen LogP contribution in [-0.2, 0) is 6.54 Å². The first-order valence-corrected chi connectivity index (χ1v) is 10.9. The summed E-state index contributed by atoms with van der Waals surface area (Å²) in [6.07, 6.45) is 0.358. The molecule has 34 heavy (non-hydrogen) atoms. The zero-order valence-corrected chi connectivity index (χ0v) is 19.8. The van der Waals surface area contributed by atoms with Gasteiger partial charge in [0.2, 0.25) is 0 Å². The zero-order valence-electron chi connectivity index (χ0n) is 19.8. The highest BCUT2D eigenvalue weighted by atomic mass is 19.2. The normalized spacial score (nSPS) is 22.1. The highest BCUT2D eigenvalue weighted by molar-refractivity contribution is 5.54. The summed E-state index contributed by atoms with van der Waals surface area (Å²) in [6.45, 7) is 15.7. The SMILES string of the molecule is C=C/C(C)=C(\C)C(=C)/C(=C\NCC1CC(F)C(F)CN1C)C(=C)NCc1c(F)cc(F)cc1F. The predicted molar refractivity (Wildman–Crippen MR) is 127 cm³/mol. The number of hydrogen-bond acceptors (Lipinski definition) is 3. The van der Waals surface area contributed by atoms with Crippen molar-refractivity contribution in [3.05, 3.63) is 95.2 Å². The molecule has 1 aromatic carbocycles. The molecule has 0 saturated carbocycles. The van der Waals surface area contributed by atoms with Gasteiger partial charge in [0.15, 0.2) is 0 Å². The van der Waals surface area contributed by atoms with Crippen molar-refractivity contribution in [2.24, 2.45) is 0 Å². The molecule has 2 N–H and O–H groups in total. The van der Waals surface area contributed by atoms with Crippen molar-refractivity contribution in [3.63, 3.8) is 0 Å². The molecule has 1 aliphatic rings. The number of allylic oxidation sites excluding steroid dienone is 4. The molecule has 0 radical (unpaired) electrons. The van der Waals surface area contributed by atoms with E-state index in [0.717, 1.165) is 11.1 Å². The molecule has 8 heteroatoms. The van der Waals surface area contributed by atoms with Gasteiger partial charge in [-0.25, -0.2) is 22.0 Å². The van der Waals surface area contributed by atoms with Crippen LogP contribution in [0.5, 0.6) is 0 Å². The third-order valence-electron chi connectivity index (χ3n) is 6.16. The van der Waals surface area contributed by atoms with Gasteiger partial charge >= 0.3 is 0 Å². The van der Waals surface area contributed by atoms with Crippen LogP contribution in [0.1, 0.15) is 25.8 Å².